The van der Waals surface area contributed by atoms with E-state index in [2.05, 4.69) is 20.8 Å². The van der Waals surface area contributed by atoms with Crippen LogP contribution in [0.15, 0.2) is 0 Å². The van der Waals surface area contributed by atoms with E-state index in [1.165, 1.54) is 0 Å². The lowest BCUT2D eigenvalue weighted by molar-refractivity contribution is -0.138. The van der Waals surface area contributed by atoms with Gasteiger partial charge in [-0.1, -0.05) is 20.8 Å². The van der Waals surface area contributed by atoms with Crippen molar-refractivity contribution >= 4 is 5.91 Å². The van der Waals surface area contributed by atoms with Crippen molar-refractivity contribution in [2.45, 2.75) is 33.2 Å². The lowest BCUT2D eigenvalue weighted by Crippen LogP contribution is -2.45. The molecule has 0 aromatic rings. The maximum atomic E-state index is 11.6. The Morgan fingerprint density at radius 3 is 2.43 bits per heavy atom. The van der Waals surface area contributed by atoms with Gasteiger partial charge in [-0.2, -0.15) is 0 Å². The molecule has 0 bridgehead atoms. The van der Waals surface area contributed by atoms with Gasteiger partial charge in [-0.05, 0) is 5.41 Å². The van der Waals surface area contributed by atoms with Crippen LogP contribution in [0.25, 0.3) is 0 Å². The predicted octanol–water partition coefficient (Wildman–Crippen LogP) is 0.472. The fourth-order valence-corrected chi connectivity index (χ4v) is 1.99. The van der Waals surface area contributed by atoms with Crippen molar-refractivity contribution in [3.8, 4) is 0 Å². The highest BCUT2D eigenvalue weighted by molar-refractivity contribution is 5.78. The van der Waals surface area contributed by atoms with Gasteiger partial charge in [0.2, 0.25) is 5.91 Å². The maximum absolute atomic E-state index is 11.6. The van der Waals surface area contributed by atoms with Crippen molar-refractivity contribution in [2.75, 3.05) is 20.2 Å². The summed E-state index contributed by atoms with van der Waals surface area (Å²) in [5.41, 5.74) is 0.0919. The summed E-state index contributed by atoms with van der Waals surface area (Å²) in [6, 6.07) is 0.238. The lowest BCUT2D eigenvalue weighted by Gasteiger charge is -2.35. The summed E-state index contributed by atoms with van der Waals surface area (Å²) < 4.78 is 0. The Labute approximate surface area is 85.5 Å². The van der Waals surface area contributed by atoms with Crippen molar-refractivity contribution in [3.63, 3.8) is 0 Å². The van der Waals surface area contributed by atoms with E-state index >= 15 is 0 Å². The monoisotopic (exact) mass is 200 g/mol. The van der Waals surface area contributed by atoms with Gasteiger partial charge >= 0.3 is 0 Å². The minimum absolute atomic E-state index is 0.0208. The second-order valence-corrected chi connectivity index (χ2v) is 4.90. The summed E-state index contributed by atoms with van der Waals surface area (Å²) in [6.45, 7) is 6.81. The van der Waals surface area contributed by atoms with Crippen molar-refractivity contribution < 1.29 is 9.90 Å². The van der Waals surface area contributed by atoms with Gasteiger partial charge in [0.15, 0.2) is 0 Å². The Morgan fingerprint density at radius 2 is 2.07 bits per heavy atom. The van der Waals surface area contributed by atoms with Crippen molar-refractivity contribution in [1.29, 1.82) is 0 Å². The van der Waals surface area contributed by atoms with Crippen LogP contribution < -0.4 is 0 Å². The van der Waals surface area contributed by atoms with Gasteiger partial charge in [-0.3, -0.25) is 9.80 Å². The molecule has 1 aliphatic rings. The minimum atomic E-state index is 0.0208. The van der Waals surface area contributed by atoms with Crippen LogP contribution >= 0.6 is 0 Å². The van der Waals surface area contributed by atoms with E-state index in [1.54, 1.807) is 5.01 Å². The average molecular weight is 200 g/mol. The normalized spacial score (nSPS) is 24.8. The third kappa shape index (κ3) is 2.07. The highest BCUT2D eigenvalue weighted by atomic mass is 16.3. The summed E-state index contributed by atoms with van der Waals surface area (Å²) in [6.07, 6.45) is 0.556. The van der Waals surface area contributed by atoms with Crippen molar-refractivity contribution in [1.82, 2.24) is 10.0 Å². The van der Waals surface area contributed by atoms with Gasteiger partial charge in [-0.25, -0.2) is 5.01 Å². The van der Waals surface area contributed by atoms with E-state index in [0.717, 1.165) is 0 Å². The topological polar surface area (TPSA) is 43.8 Å². The smallest absolute Gasteiger partial charge is 0.238 e. The summed E-state index contributed by atoms with van der Waals surface area (Å²) >= 11 is 0. The van der Waals surface area contributed by atoms with Crippen LogP contribution in [0.5, 0.6) is 0 Å². The van der Waals surface area contributed by atoms with Crippen molar-refractivity contribution in [3.05, 3.63) is 0 Å². The molecular weight excluding hydrogens is 180 g/mol. The number of hydrazine groups is 1. The second-order valence-electron chi connectivity index (χ2n) is 4.90. The lowest BCUT2D eigenvalue weighted by atomic mass is 9.85. The Bertz CT molecular complexity index is 223. The van der Waals surface area contributed by atoms with Crippen LogP contribution in [-0.2, 0) is 4.79 Å². The van der Waals surface area contributed by atoms with E-state index < -0.39 is 0 Å². The molecule has 1 unspecified atom stereocenters. The number of hydrogen-bond acceptors (Lipinski definition) is 3. The first-order valence-corrected chi connectivity index (χ1v) is 5.02. The second kappa shape index (κ2) is 3.87. The van der Waals surface area contributed by atoms with Gasteiger partial charge in [-0.15, -0.1) is 0 Å². The molecule has 0 aromatic carbocycles. The average Bonchev–Trinajstić information content (AvgIpc) is 2.31. The minimum Gasteiger partial charge on any atom is -0.394 e. The summed E-state index contributed by atoms with van der Waals surface area (Å²) in [7, 11) is 1.91. The van der Waals surface area contributed by atoms with E-state index in [9.17, 15) is 4.79 Å². The van der Waals surface area contributed by atoms with Gasteiger partial charge in [0.05, 0.1) is 13.2 Å². The molecule has 1 rings (SSSR count). The molecule has 1 amide bonds. The van der Waals surface area contributed by atoms with E-state index in [1.807, 2.05) is 12.1 Å². The molecule has 14 heavy (non-hydrogen) atoms. The first kappa shape index (κ1) is 11.5. The molecule has 1 fully saturated rings. The summed E-state index contributed by atoms with van der Waals surface area (Å²) in [4.78, 5) is 11.6. The van der Waals surface area contributed by atoms with Crippen LogP contribution in [0.2, 0.25) is 0 Å². The molecule has 0 aliphatic carbocycles. The molecule has 0 aromatic heterocycles. The van der Waals surface area contributed by atoms with Crippen LogP contribution in [0.4, 0.5) is 0 Å². The Kier molecular flexibility index (Phi) is 3.17. The van der Waals surface area contributed by atoms with E-state index in [-0.39, 0.29) is 24.0 Å². The number of nitrogens with zero attached hydrogens (tertiary/aromatic N) is 2. The number of carbonyl (C=O) groups is 1. The van der Waals surface area contributed by atoms with Gasteiger partial charge in [0.25, 0.3) is 0 Å². The van der Waals surface area contributed by atoms with Crippen LogP contribution in [0.1, 0.15) is 27.2 Å². The Balaban J connectivity index is 2.74. The van der Waals surface area contributed by atoms with Crippen LogP contribution in [0.3, 0.4) is 0 Å². The number of amides is 1. The molecule has 4 heteroatoms. The molecular formula is C10H20N2O2. The zero-order chi connectivity index (χ0) is 10.9. The Hall–Kier alpha value is -0.610. The summed E-state index contributed by atoms with van der Waals surface area (Å²) in [5.74, 6) is 0.112. The fourth-order valence-electron chi connectivity index (χ4n) is 1.99. The zero-order valence-electron chi connectivity index (χ0n) is 9.45. The van der Waals surface area contributed by atoms with E-state index in [4.69, 9.17) is 5.11 Å². The molecule has 1 saturated heterocycles. The highest BCUT2D eigenvalue weighted by Gasteiger charge is 2.40. The van der Waals surface area contributed by atoms with Crippen LogP contribution in [0, 0.1) is 5.41 Å². The summed E-state index contributed by atoms with van der Waals surface area (Å²) in [5, 5.41) is 12.4. The molecule has 1 aliphatic heterocycles. The molecule has 0 radical (unpaired) electrons. The first-order chi connectivity index (χ1) is 6.38. The quantitative estimate of drug-likeness (QED) is 0.705. The Morgan fingerprint density at radius 1 is 1.50 bits per heavy atom. The molecule has 4 nitrogen and oxygen atoms in total. The number of aliphatic hydroxyl groups is 1. The third-order valence-electron chi connectivity index (χ3n) is 2.80. The maximum Gasteiger partial charge on any atom is 0.238 e. The van der Waals surface area contributed by atoms with Gasteiger partial charge in [0.1, 0.15) is 0 Å². The first-order valence-electron chi connectivity index (χ1n) is 5.02. The molecule has 82 valence electrons. The number of hydrogen-bond donors (Lipinski definition) is 1. The van der Waals surface area contributed by atoms with Crippen LogP contribution in [-0.4, -0.2) is 47.3 Å². The molecule has 1 heterocycles. The predicted molar refractivity (Wildman–Crippen MR) is 54.4 cm³/mol. The number of carbonyl (C=O) groups excluding carboxylic acids is 1. The van der Waals surface area contributed by atoms with Gasteiger partial charge in [0, 0.05) is 19.5 Å². The SMILES string of the molecule is CN1C(C(C)(C)C)CC(=O)N1CCO. The molecule has 0 spiro atoms. The van der Waals surface area contributed by atoms with Gasteiger partial charge < -0.3 is 5.11 Å². The fraction of sp³-hybridized carbons (Fsp3) is 0.900. The number of aliphatic hydroxyl groups excluding tert-OH is 1. The molecule has 1 atom stereocenters. The third-order valence-corrected chi connectivity index (χ3v) is 2.80. The largest absolute Gasteiger partial charge is 0.394 e. The molecule has 1 N–H and O–H groups in total. The standard InChI is InChI=1S/C10H20N2O2/c1-10(2,3)8-7-9(14)12(5-6-13)11(8)4/h8,13H,5-7H2,1-4H3. The van der Waals surface area contributed by atoms with E-state index in [0.29, 0.717) is 13.0 Å². The molecule has 0 saturated carbocycles. The number of rotatable bonds is 2. The van der Waals surface area contributed by atoms with Crippen molar-refractivity contribution in [2.24, 2.45) is 5.41 Å². The highest BCUT2D eigenvalue weighted by Crippen LogP contribution is 2.32. The number of β-amino-alcohol motifs (C(OH)–C–C–N with tert-alkyl or cyclic N) is 1. The zero-order valence-corrected chi connectivity index (χ0v) is 9.45.